The lowest BCUT2D eigenvalue weighted by molar-refractivity contribution is 0.183. The maximum atomic E-state index is 8.96. The van der Waals surface area contributed by atoms with Gasteiger partial charge >= 0.3 is 0 Å². The number of nitrogens with zero attached hydrogens (tertiary/aromatic N) is 4. The first kappa shape index (κ1) is 12.1. The third-order valence-corrected chi connectivity index (χ3v) is 2.38. The normalized spacial score (nSPS) is 10.0. The fourth-order valence-corrected chi connectivity index (χ4v) is 1.48. The second kappa shape index (κ2) is 5.80. The number of hydrogen-bond donors (Lipinski definition) is 1. The molecule has 1 N–H and O–H groups in total. The number of pyridine rings is 1. The van der Waals surface area contributed by atoms with Gasteiger partial charge in [-0.2, -0.15) is 10.4 Å². The molecular formula is C12H13N5O. The van der Waals surface area contributed by atoms with E-state index >= 15 is 0 Å². The van der Waals surface area contributed by atoms with Gasteiger partial charge in [-0.05, 0) is 6.07 Å². The summed E-state index contributed by atoms with van der Waals surface area (Å²) in [5, 5.41) is 16.2. The highest BCUT2D eigenvalue weighted by molar-refractivity contribution is 5.64. The van der Waals surface area contributed by atoms with Gasteiger partial charge in [-0.15, -0.1) is 0 Å². The SMILES string of the molecule is COCCn1cc(Nc2cnccc2C#N)cn1. The molecule has 0 saturated heterocycles. The minimum absolute atomic E-state index is 0.551. The molecule has 6 heteroatoms. The molecule has 18 heavy (non-hydrogen) atoms. The minimum Gasteiger partial charge on any atom is -0.383 e. The summed E-state index contributed by atoms with van der Waals surface area (Å²) >= 11 is 0. The first-order valence-electron chi connectivity index (χ1n) is 5.46. The van der Waals surface area contributed by atoms with E-state index in [1.54, 1.807) is 36.4 Å². The van der Waals surface area contributed by atoms with E-state index in [-0.39, 0.29) is 0 Å². The van der Waals surface area contributed by atoms with Crippen LogP contribution >= 0.6 is 0 Å². The van der Waals surface area contributed by atoms with Gasteiger partial charge in [-0.1, -0.05) is 0 Å². The van der Waals surface area contributed by atoms with Crippen LogP contribution in [0.2, 0.25) is 0 Å². The quantitative estimate of drug-likeness (QED) is 0.862. The molecule has 0 radical (unpaired) electrons. The molecule has 0 aliphatic heterocycles. The van der Waals surface area contributed by atoms with Gasteiger partial charge in [0.15, 0.2) is 0 Å². The standard InChI is InChI=1S/C12H13N5O/c1-18-5-4-17-9-11(7-15-17)16-12-8-14-3-2-10(12)6-13/h2-3,7-9,16H,4-5H2,1H3. The average molecular weight is 243 g/mol. The number of ether oxygens (including phenoxy) is 1. The molecule has 0 saturated carbocycles. The maximum absolute atomic E-state index is 8.96. The zero-order valence-electron chi connectivity index (χ0n) is 10.00. The van der Waals surface area contributed by atoms with Gasteiger partial charge in [0.2, 0.25) is 0 Å². The maximum Gasteiger partial charge on any atom is 0.101 e. The fraction of sp³-hybridized carbons (Fsp3) is 0.250. The second-order valence-corrected chi connectivity index (χ2v) is 3.64. The molecule has 2 heterocycles. The topological polar surface area (TPSA) is 75.8 Å². The average Bonchev–Trinajstić information content (AvgIpc) is 2.84. The van der Waals surface area contributed by atoms with E-state index in [0.717, 1.165) is 5.69 Å². The lowest BCUT2D eigenvalue weighted by Gasteiger charge is -2.04. The smallest absolute Gasteiger partial charge is 0.101 e. The molecule has 2 aromatic rings. The second-order valence-electron chi connectivity index (χ2n) is 3.64. The van der Waals surface area contributed by atoms with Gasteiger partial charge in [0.25, 0.3) is 0 Å². The van der Waals surface area contributed by atoms with E-state index in [1.165, 1.54) is 0 Å². The number of nitriles is 1. The van der Waals surface area contributed by atoms with Crippen LogP contribution in [0.3, 0.4) is 0 Å². The lowest BCUT2D eigenvalue weighted by atomic mass is 10.2. The third-order valence-electron chi connectivity index (χ3n) is 2.38. The van der Waals surface area contributed by atoms with Gasteiger partial charge < -0.3 is 10.1 Å². The Labute approximate surface area is 105 Å². The minimum atomic E-state index is 0.551. The molecule has 0 bridgehead atoms. The molecular weight excluding hydrogens is 230 g/mol. The van der Waals surface area contributed by atoms with Gasteiger partial charge in [0.05, 0.1) is 42.5 Å². The first-order valence-corrected chi connectivity index (χ1v) is 5.46. The van der Waals surface area contributed by atoms with Crippen molar-refractivity contribution in [3.8, 4) is 6.07 Å². The Morgan fingerprint density at radius 3 is 3.17 bits per heavy atom. The van der Waals surface area contributed by atoms with Gasteiger partial charge in [0, 0.05) is 19.5 Å². The van der Waals surface area contributed by atoms with Crippen LogP contribution in [0.5, 0.6) is 0 Å². The molecule has 2 rings (SSSR count). The number of methoxy groups -OCH3 is 1. The Morgan fingerprint density at radius 1 is 1.50 bits per heavy atom. The van der Waals surface area contributed by atoms with Crippen molar-refractivity contribution in [3.63, 3.8) is 0 Å². The summed E-state index contributed by atoms with van der Waals surface area (Å²) in [7, 11) is 1.65. The van der Waals surface area contributed by atoms with Crippen molar-refractivity contribution in [1.29, 1.82) is 5.26 Å². The third kappa shape index (κ3) is 2.84. The largest absolute Gasteiger partial charge is 0.383 e. The van der Waals surface area contributed by atoms with Crippen molar-refractivity contribution < 1.29 is 4.74 Å². The predicted molar refractivity (Wildman–Crippen MR) is 66.3 cm³/mol. The summed E-state index contributed by atoms with van der Waals surface area (Å²) < 4.78 is 6.75. The highest BCUT2D eigenvalue weighted by Gasteiger charge is 2.03. The van der Waals surface area contributed by atoms with Gasteiger partial charge in [-0.3, -0.25) is 9.67 Å². The molecule has 0 atom stereocenters. The molecule has 0 aromatic carbocycles. The van der Waals surface area contributed by atoms with Crippen molar-refractivity contribution >= 4 is 11.4 Å². The van der Waals surface area contributed by atoms with Crippen LogP contribution in [0.1, 0.15) is 5.56 Å². The molecule has 0 spiro atoms. The number of nitrogens with one attached hydrogen (secondary N) is 1. The highest BCUT2D eigenvalue weighted by atomic mass is 16.5. The van der Waals surface area contributed by atoms with Crippen molar-refractivity contribution in [2.45, 2.75) is 6.54 Å². The summed E-state index contributed by atoms with van der Waals surface area (Å²) in [5.74, 6) is 0. The Kier molecular flexibility index (Phi) is 3.89. The Bertz CT molecular complexity index is 558. The Balaban J connectivity index is 2.09. The number of hydrogen-bond acceptors (Lipinski definition) is 5. The van der Waals surface area contributed by atoms with E-state index in [9.17, 15) is 0 Å². The van der Waals surface area contributed by atoms with Crippen LogP contribution in [-0.4, -0.2) is 28.5 Å². The number of rotatable bonds is 5. The van der Waals surface area contributed by atoms with E-state index in [2.05, 4.69) is 21.5 Å². The molecule has 0 aliphatic carbocycles. The predicted octanol–water partition coefficient (Wildman–Crippen LogP) is 1.54. The van der Waals surface area contributed by atoms with Crippen molar-refractivity contribution in [2.24, 2.45) is 0 Å². The number of anilines is 2. The summed E-state index contributed by atoms with van der Waals surface area (Å²) in [4.78, 5) is 3.99. The van der Waals surface area contributed by atoms with Crippen molar-refractivity contribution in [3.05, 3.63) is 36.4 Å². The summed E-state index contributed by atoms with van der Waals surface area (Å²) in [5.41, 5.74) is 2.04. The van der Waals surface area contributed by atoms with Crippen LogP contribution in [0, 0.1) is 11.3 Å². The summed E-state index contributed by atoms with van der Waals surface area (Å²) in [6, 6.07) is 3.77. The zero-order valence-corrected chi connectivity index (χ0v) is 10.00. The van der Waals surface area contributed by atoms with Crippen molar-refractivity contribution in [2.75, 3.05) is 19.0 Å². The highest BCUT2D eigenvalue weighted by Crippen LogP contribution is 2.18. The lowest BCUT2D eigenvalue weighted by Crippen LogP contribution is -2.03. The van der Waals surface area contributed by atoms with E-state index in [0.29, 0.717) is 24.4 Å². The molecule has 92 valence electrons. The monoisotopic (exact) mass is 243 g/mol. The van der Waals surface area contributed by atoms with E-state index < -0.39 is 0 Å². The van der Waals surface area contributed by atoms with Crippen LogP contribution in [0.4, 0.5) is 11.4 Å². The molecule has 0 fully saturated rings. The fourth-order valence-electron chi connectivity index (χ4n) is 1.48. The first-order chi connectivity index (χ1) is 8.83. The molecule has 0 unspecified atom stereocenters. The van der Waals surface area contributed by atoms with Gasteiger partial charge in [-0.25, -0.2) is 0 Å². The molecule has 6 nitrogen and oxygen atoms in total. The van der Waals surface area contributed by atoms with Crippen molar-refractivity contribution in [1.82, 2.24) is 14.8 Å². The van der Waals surface area contributed by atoms with Crippen LogP contribution < -0.4 is 5.32 Å². The molecule has 0 amide bonds. The summed E-state index contributed by atoms with van der Waals surface area (Å²) in [6.45, 7) is 1.30. The molecule has 2 aromatic heterocycles. The zero-order chi connectivity index (χ0) is 12.8. The van der Waals surface area contributed by atoms with Crippen LogP contribution in [-0.2, 0) is 11.3 Å². The molecule has 0 aliphatic rings. The Morgan fingerprint density at radius 2 is 2.39 bits per heavy atom. The van der Waals surface area contributed by atoms with E-state index in [4.69, 9.17) is 10.00 Å². The Hall–Kier alpha value is -2.39. The van der Waals surface area contributed by atoms with Gasteiger partial charge in [0.1, 0.15) is 6.07 Å². The number of aromatic nitrogens is 3. The van der Waals surface area contributed by atoms with E-state index in [1.807, 2.05) is 6.20 Å². The van der Waals surface area contributed by atoms with Crippen LogP contribution in [0.25, 0.3) is 0 Å². The summed E-state index contributed by atoms with van der Waals surface area (Å²) in [6.07, 6.45) is 6.76. The van der Waals surface area contributed by atoms with Crippen LogP contribution in [0.15, 0.2) is 30.9 Å².